The number of phenolic OH excluding ortho intramolecular Hbond substituents is 1. The third-order valence-corrected chi connectivity index (χ3v) is 5.76. The summed E-state index contributed by atoms with van der Waals surface area (Å²) < 4.78 is 17.0. The highest BCUT2D eigenvalue weighted by molar-refractivity contribution is 6.06. The van der Waals surface area contributed by atoms with Crippen LogP contribution in [0.3, 0.4) is 0 Å². The number of ether oxygens (including phenoxy) is 3. The Kier molecular flexibility index (Phi) is 7.71. The summed E-state index contributed by atoms with van der Waals surface area (Å²) in [6.07, 6.45) is 4.20. The molecule has 0 amide bonds. The highest BCUT2D eigenvalue weighted by atomic mass is 16.5. The summed E-state index contributed by atoms with van der Waals surface area (Å²) in [6, 6.07) is 4.10. The molecule has 0 atom stereocenters. The van der Waals surface area contributed by atoms with E-state index in [9.17, 15) is 24.9 Å². The van der Waals surface area contributed by atoms with Crippen molar-refractivity contribution in [2.75, 3.05) is 7.11 Å². The molecule has 1 heterocycles. The maximum atomic E-state index is 12.8. The zero-order valence-electron chi connectivity index (χ0n) is 19.9. The van der Waals surface area contributed by atoms with Crippen LogP contribution in [0.1, 0.15) is 84.7 Å². The Hall–Kier alpha value is -3.68. The summed E-state index contributed by atoms with van der Waals surface area (Å²) in [5.41, 5.74) is 1.38. The lowest BCUT2D eigenvalue weighted by atomic mass is 9.98. The number of aromatic carboxylic acids is 1. The first kappa shape index (κ1) is 25.0. The Balaban J connectivity index is 2.21. The van der Waals surface area contributed by atoms with E-state index in [1.165, 1.54) is 13.2 Å². The van der Waals surface area contributed by atoms with Crippen molar-refractivity contribution in [2.45, 2.75) is 59.3 Å². The van der Waals surface area contributed by atoms with Gasteiger partial charge in [-0.25, -0.2) is 9.59 Å². The van der Waals surface area contributed by atoms with E-state index < -0.39 is 23.4 Å². The number of unbranched alkanes of at least 4 members (excludes halogenated alkanes) is 2. The minimum atomic E-state index is -1.34. The van der Waals surface area contributed by atoms with Gasteiger partial charge in [-0.15, -0.1) is 0 Å². The maximum Gasteiger partial charge on any atom is 0.348 e. The molecule has 8 heteroatoms. The molecule has 1 aliphatic heterocycles. The average molecular weight is 471 g/mol. The fourth-order valence-electron chi connectivity index (χ4n) is 4.13. The molecule has 0 fully saturated rings. The number of carboxylic acids is 1. The van der Waals surface area contributed by atoms with Crippen LogP contribution < -0.4 is 9.47 Å². The minimum Gasteiger partial charge on any atom is -0.507 e. The molecule has 2 aromatic carbocycles. The van der Waals surface area contributed by atoms with Crippen LogP contribution in [0.15, 0.2) is 23.8 Å². The van der Waals surface area contributed by atoms with Crippen LogP contribution in [0.25, 0.3) is 5.76 Å². The standard InChI is InChI=1S/C26H30O8/c1-5-7-8-10-16-21(25(29)30)18(27)13-19(28)24(16)33-20-12-15(32-4)11-17-22(20)26(31)34-23(17)14(3)9-6-2/h11-13,27-28H,5-10H2,1-4H3,(H,29,30)/b23-14+. The molecule has 0 radical (unpaired) electrons. The van der Waals surface area contributed by atoms with Gasteiger partial charge in [0.25, 0.3) is 0 Å². The van der Waals surface area contributed by atoms with Gasteiger partial charge in [0, 0.05) is 23.3 Å². The van der Waals surface area contributed by atoms with Crippen molar-refractivity contribution < 1.29 is 39.1 Å². The lowest BCUT2D eigenvalue weighted by Crippen LogP contribution is -2.07. The zero-order chi connectivity index (χ0) is 25.0. The van der Waals surface area contributed by atoms with Crippen molar-refractivity contribution in [3.63, 3.8) is 0 Å². The number of carbonyl (C=O) groups is 2. The molecule has 1 aliphatic rings. The van der Waals surface area contributed by atoms with Gasteiger partial charge in [-0.3, -0.25) is 0 Å². The van der Waals surface area contributed by atoms with Crippen LogP contribution in [0, 0.1) is 0 Å². The molecular formula is C26H30O8. The van der Waals surface area contributed by atoms with Gasteiger partial charge in [-0.05, 0) is 37.8 Å². The number of esters is 1. The number of hydrogen-bond donors (Lipinski definition) is 3. The van der Waals surface area contributed by atoms with E-state index in [0.29, 0.717) is 23.5 Å². The molecule has 0 bridgehead atoms. The van der Waals surface area contributed by atoms with E-state index >= 15 is 0 Å². The van der Waals surface area contributed by atoms with E-state index in [2.05, 4.69) is 0 Å². The predicted octanol–water partition coefficient (Wildman–Crippen LogP) is 6.03. The number of aromatic hydroxyl groups is 2. The van der Waals surface area contributed by atoms with Gasteiger partial charge in [0.15, 0.2) is 11.5 Å². The van der Waals surface area contributed by atoms with Crippen molar-refractivity contribution >= 4 is 17.7 Å². The quantitative estimate of drug-likeness (QED) is 0.284. The van der Waals surface area contributed by atoms with Crippen LogP contribution in [0.5, 0.6) is 28.7 Å². The highest BCUT2D eigenvalue weighted by Crippen LogP contribution is 2.46. The SMILES string of the molecule is CCCCCc1c(Oc2cc(OC)cc3c2C(=O)O/C3=C(\C)CCC)c(O)cc(O)c1C(=O)O. The Bertz CT molecular complexity index is 1150. The lowest BCUT2D eigenvalue weighted by molar-refractivity contribution is 0.0686. The number of carbonyl (C=O) groups excluding carboxylic acids is 1. The molecule has 0 aromatic heterocycles. The van der Waals surface area contributed by atoms with Crippen LogP contribution in [0.2, 0.25) is 0 Å². The molecular weight excluding hydrogens is 440 g/mol. The van der Waals surface area contributed by atoms with Gasteiger partial charge < -0.3 is 29.5 Å². The molecule has 0 spiro atoms. The molecule has 34 heavy (non-hydrogen) atoms. The third kappa shape index (κ3) is 4.81. The van der Waals surface area contributed by atoms with E-state index in [1.807, 2.05) is 20.8 Å². The van der Waals surface area contributed by atoms with Crippen LogP contribution in [0.4, 0.5) is 0 Å². The van der Waals surface area contributed by atoms with Crippen molar-refractivity contribution in [1.82, 2.24) is 0 Å². The second-order valence-corrected chi connectivity index (χ2v) is 8.26. The summed E-state index contributed by atoms with van der Waals surface area (Å²) in [4.78, 5) is 24.7. The van der Waals surface area contributed by atoms with Crippen LogP contribution in [-0.2, 0) is 11.2 Å². The Morgan fingerprint density at radius 1 is 1.06 bits per heavy atom. The van der Waals surface area contributed by atoms with Gasteiger partial charge in [0.1, 0.15) is 34.1 Å². The van der Waals surface area contributed by atoms with E-state index in [1.54, 1.807) is 6.07 Å². The Morgan fingerprint density at radius 2 is 1.79 bits per heavy atom. The predicted molar refractivity (Wildman–Crippen MR) is 126 cm³/mol. The van der Waals surface area contributed by atoms with Gasteiger partial charge in [0.05, 0.1) is 7.11 Å². The molecule has 0 saturated carbocycles. The number of hydrogen-bond acceptors (Lipinski definition) is 7. The smallest absolute Gasteiger partial charge is 0.348 e. The zero-order valence-corrected chi connectivity index (χ0v) is 19.9. The lowest BCUT2D eigenvalue weighted by Gasteiger charge is -2.18. The number of rotatable bonds is 10. The normalized spacial score (nSPS) is 13.9. The molecule has 0 unspecified atom stereocenters. The fourth-order valence-corrected chi connectivity index (χ4v) is 4.13. The second-order valence-electron chi connectivity index (χ2n) is 8.26. The average Bonchev–Trinajstić information content (AvgIpc) is 3.12. The summed E-state index contributed by atoms with van der Waals surface area (Å²) >= 11 is 0. The molecule has 8 nitrogen and oxygen atoms in total. The number of carboxylic acid groups (broad SMARTS) is 1. The van der Waals surface area contributed by atoms with Crippen molar-refractivity contribution in [3.05, 3.63) is 46.0 Å². The van der Waals surface area contributed by atoms with E-state index in [0.717, 1.165) is 37.3 Å². The third-order valence-electron chi connectivity index (χ3n) is 5.76. The number of benzene rings is 2. The van der Waals surface area contributed by atoms with Crippen LogP contribution >= 0.6 is 0 Å². The van der Waals surface area contributed by atoms with Crippen molar-refractivity contribution in [3.8, 4) is 28.7 Å². The Morgan fingerprint density at radius 3 is 2.41 bits per heavy atom. The number of cyclic esters (lactones) is 1. The van der Waals surface area contributed by atoms with Gasteiger partial charge in [-0.2, -0.15) is 0 Å². The van der Waals surface area contributed by atoms with E-state index in [4.69, 9.17) is 14.2 Å². The summed E-state index contributed by atoms with van der Waals surface area (Å²) in [6.45, 7) is 5.92. The second kappa shape index (κ2) is 10.5. The first-order valence-electron chi connectivity index (χ1n) is 11.4. The molecule has 2 aromatic rings. The van der Waals surface area contributed by atoms with Gasteiger partial charge >= 0.3 is 11.9 Å². The number of methoxy groups -OCH3 is 1. The molecule has 3 N–H and O–H groups in total. The summed E-state index contributed by atoms with van der Waals surface area (Å²) in [5.74, 6) is -2.17. The highest BCUT2D eigenvalue weighted by Gasteiger charge is 2.34. The molecule has 3 rings (SSSR count). The number of allylic oxidation sites excluding steroid dienone is 1. The first-order chi connectivity index (χ1) is 16.2. The van der Waals surface area contributed by atoms with Crippen molar-refractivity contribution in [1.29, 1.82) is 0 Å². The summed E-state index contributed by atoms with van der Waals surface area (Å²) in [7, 11) is 1.47. The van der Waals surface area contributed by atoms with Crippen molar-refractivity contribution in [2.24, 2.45) is 0 Å². The molecule has 0 saturated heterocycles. The van der Waals surface area contributed by atoms with Gasteiger partial charge in [-0.1, -0.05) is 33.1 Å². The topological polar surface area (TPSA) is 123 Å². The van der Waals surface area contributed by atoms with E-state index in [-0.39, 0.29) is 34.6 Å². The fraction of sp³-hybridized carbons (Fsp3) is 0.385. The van der Waals surface area contributed by atoms with Crippen LogP contribution in [-0.4, -0.2) is 34.4 Å². The largest absolute Gasteiger partial charge is 0.507 e. The number of fused-ring (bicyclic) bond motifs is 1. The monoisotopic (exact) mass is 470 g/mol. The molecule has 182 valence electrons. The first-order valence-corrected chi connectivity index (χ1v) is 11.4. The Labute approximate surface area is 198 Å². The number of phenols is 2. The van der Waals surface area contributed by atoms with Gasteiger partial charge in [0.2, 0.25) is 0 Å². The molecule has 0 aliphatic carbocycles. The minimum absolute atomic E-state index is 0.0627. The summed E-state index contributed by atoms with van der Waals surface area (Å²) in [5, 5.41) is 30.5. The maximum absolute atomic E-state index is 12.8.